The molecule has 0 saturated carbocycles. The van der Waals surface area contributed by atoms with Gasteiger partial charge in [-0.3, -0.25) is 4.79 Å². The van der Waals surface area contributed by atoms with Gasteiger partial charge < -0.3 is 10.4 Å². The number of anilines is 1. The highest BCUT2D eigenvalue weighted by Gasteiger charge is 2.16. The van der Waals surface area contributed by atoms with Crippen molar-refractivity contribution in [1.82, 2.24) is 0 Å². The van der Waals surface area contributed by atoms with Gasteiger partial charge in [-0.25, -0.2) is 0 Å². The molecule has 2 rings (SSSR count). The van der Waals surface area contributed by atoms with Gasteiger partial charge >= 0.3 is 0 Å². The van der Waals surface area contributed by atoms with Crippen molar-refractivity contribution >= 4 is 23.2 Å². The Bertz CT molecular complexity index is 613. The lowest BCUT2D eigenvalue weighted by Crippen LogP contribution is -2.14. The summed E-state index contributed by atoms with van der Waals surface area (Å²) in [4.78, 5) is 11.8. The molecule has 0 radical (unpaired) electrons. The minimum absolute atomic E-state index is 0.0682. The summed E-state index contributed by atoms with van der Waals surface area (Å²) in [6, 6.07) is 14.4. The number of aliphatic hydroxyl groups excluding tert-OH is 1. The molecule has 0 saturated heterocycles. The Kier molecular flexibility index (Phi) is 5.37. The third-order valence-corrected chi connectivity index (χ3v) is 3.41. The number of carbonyl (C=O) groups excluding carboxylic acids is 1. The van der Waals surface area contributed by atoms with Gasteiger partial charge in [0.15, 0.2) is 0 Å². The van der Waals surface area contributed by atoms with Gasteiger partial charge in [0, 0.05) is 22.7 Å². The third kappa shape index (κ3) is 4.06. The molecule has 0 aliphatic rings. The molecule has 1 unspecified atom stereocenters. The Morgan fingerprint density at radius 1 is 1.24 bits per heavy atom. The number of hydrogen-bond acceptors (Lipinski definition) is 2. The maximum atomic E-state index is 11.8. The summed E-state index contributed by atoms with van der Waals surface area (Å²) in [7, 11) is 0. The molecule has 2 aromatic rings. The quantitative estimate of drug-likeness (QED) is 0.871. The van der Waals surface area contributed by atoms with Gasteiger partial charge in [-0.1, -0.05) is 48.9 Å². The van der Waals surface area contributed by atoms with Crippen LogP contribution in [0.3, 0.4) is 0 Å². The highest BCUT2D eigenvalue weighted by atomic mass is 35.5. The predicted molar refractivity (Wildman–Crippen MR) is 85.5 cm³/mol. The van der Waals surface area contributed by atoms with Crippen molar-refractivity contribution in [3.05, 3.63) is 64.7 Å². The first-order chi connectivity index (χ1) is 10.1. The van der Waals surface area contributed by atoms with Gasteiger partial charge in [-0.2, -0.15) is 0 Å². The van der Waals surface area contributed by atoms with E-state index in [1.54, 1.807) is 18.2 Å². The highest BCUT2D eigenvalue weighted by molar-refractivity contribution is 6.30. The van der Waals surface area contributed by atoms with Crippen LogP contribution < -0.4 is 5.32 Å². The molecule has 0 fully saturated rings. The van der Waals surface area contributed by atoms with Crippen LogP contribution >= 0.6 is 11.6 Å². The fourth-order valence-electron chi connectivity index (χ4n) is 2.13. The van der Waals surface area contributed by atoms with Crippen LogP contribution in [-0.2, 0) is 4.79 Å². The molecule has 1 amide bonds. The van der Waals surface area contributed by atoms with Crippen molar-refractivity contribution < 1.29 is 9.90 Å². The van der Waals surface area contributed by atoms with E-state index < -0.39 is 6.10 Å². The minimum Gasteiger partial charge on any atom is -0.384 e. The molecule has 2 aromatic carbocycles. The van der Waals surface area contributed by atoms with Crippen LogP contribution in [0.2, 0.25) is 5.02 Å². The van der Waals surface area contributed by atoms with Crippen LogP contribution in [0.25, 0.3) is 0 Å². The monoisotopic (exact) mass is 303 g/mol. The Balaban J connectivity index is 2.33. The van der Waals surface area contributed by atoms with E-state index in [0.717, 1.165) is 12.0 Å². The SMILES string of the molecule is CCCC(=O)Nc1ccc(Cl)cc1C(O)c1ccccc1. The third-order valence-electron chi connectivity index (χ3n) is 3.17. The van der Waals surface area contributed by atoms with Crippen LogP contribution in [0.5, 0.6) is 0 Å². The molecule has 1 atom stereocenters. The smallest absolute Gasteiger partial charge is 0.224 e. The van der Waals surface area contributed by atoms with E-state index in [4.69, 9.17) is 11.6 Å². The number of hydrogen-bond donors (Lipinski definition) is 2. The number of carbonyl (C=O) groups is 1. The zero-order valence-electron chi connectivity index (χ0n) is 11.8. The van der Waals surface area contributed by atoms with Crippen LogP contribution in [-0.4, -0.2) is 11.0 Å². The molecule has 0 aliphatic heterocycles. The Labute approximate surface area is 129 Å². The van der Waals surface area contributed by atoms with E-state index >= 15 is 0 Å². The topological polar surface area (TPSA) is 49.3 Å². The maximum absolute atomic E-state index is 11.8. The molecule has 0 spiro atoms. The van der Waals surface area contributed by atoms with E-state index in [0.29, 0.717) is 22.7 Å². The van der Waals surface area contributed by atoms with Crippen molar-refractivity contribution in [3.8, 4) is 0 Å². The van der Waals surface area contributed by atoms with Crippen molar-refractivity contribution in [2.75, 3.05) is 5.32 Å². The Morgan fingerprint density at radius 2 is 1.95 bits per heavy atom. The summed E-state index contributed by atoms with van der Waals surface area (Å²) in [5.41, 5.74) is 1.94. The van der Waals surface area contributed by atoms with Gasteiger partial charge in [-0.15, -0.1) is 0 Å². The fourth-order valence-corrected chi connectivity index (χ4v) is 2.31. The normalized spacial score (nSPS) is 12.0. The first-order valence-electron chi connectivity index (χ1n) is 6.94. The van der Waals surface area contributed by atoms with E-state index in [1.807, 2.05) is 37.3 Å². The maximum Gasteiger partial charge on any atom is 0.224 e. The van der Waals surface area contributed by atoms with Crippen LogP contribution in [0, 0.1) is 0 Å². The first kappa shape index (κ1) is 15.5. The average molecular weight is 304 g/mol. The second kappa shape index (κ2) is 7.25. The Hall–Kier alpha value is -1.84. The zero-order valence-corrected chi connectivity index (χ0v) is 12.6. The summed E-state index contributed by atoms with van der Waals surface area (Å²) < 4.78 is 0. The summed E-state index contributed by atoms with van der Waals surface area (Å²) in [5.74, 6) is -0.0682. The molecule has 21 heavy (non-hydrogen) atoms. The lowest BCUT2D eigenvalue weighted by Gasteiger charge is -2.17. The predicted octanol–water partition coefficient (Wildman–Crippen LogP) is 4.16. The summed E-state index contributed by atoms with van der Waals surface area (Å²) in [5, 5.41) is 13.9. The van der Waals surface area contributed by atoms with Crippen molar-refractivity contribution in [2.24, 2.45) is 0 Å². The zero-order chi connectivity index (χ0) is 15.2. The van der Waals surface area contributed by atoms with E-state index in [9.17, 15) is 9.90 Å². The van der Waals surface area contributed by atoms with E-state index in [-0.39, 0.29) is 5.91 Å². The molecule has 0 bridgehead atoms. The standard InChI is InChI=1S/C17H18ClNO2/c1-2-6-16(20)19-15-10-9-13(18)11-14(15)17(21)12-7-4-3-5-8-12/h3-5,7-11,17,21H,2,6H2,1H3,(H,19,20). The lowest BCUT2D eigenvalue weighted by atomic mass is 10.00. The number of amides is 1. The second-order valence-electron chi connectivity index (χ2n) is 4.84. The molecular formula is C17H18ClNO2. The molecule has 0 aromatic heterocycles. The van der Waals surface area contributed by atoms with Crippen LogP contribution in [0.1, 0.15) is 37.0 Å². The number of aliphatic hydroxyl groups is 1. The summed E-state index contributed by atoms with van der Waals surface area (Å²) >= 11 is 6.02. The minimum atomic E-state index is -0.832. The average Bonchev–Trinajstić information content (AvgIpc) is 2.49. The van der Waals surface area contributed by atoms with Gasteiger partial charge in [0.2, 0.25) is 5.91 Å². The molecular weight excluding hydrogens is 286 g/mol. The summed E-state index contributed by atoms with van der Waals surface area (Å²) in [6.07, 6.45) is 0.390. The largest absolute Gasteiger partial charge is 0.384 e. The highest BCUT2D eigenvalue weighted by Crippen LogP contribution is 2.30. The van der Waals surface area contributed by atoms with Gasteiger partial charge in [0.1, 0.15) is 6.10 Å². The van der Waals surface area contributed by atoms with Gasteiger partial charge in [-0.05, 0) is 30.2 Å². The van der Waals surface area contributed by atoms with E-state index in [1.165, 1.54) is 0 Å². The van der Waals surface area contributed by atoms with Gasteiger partial charge in [0.25, 0.3) is 0 Å². The van der Waals surface area contributed by atoms with Gasteiger partial charge in [0.05, 0.1) is 0 Å². The van der Waals surface area contributed by atoms with Crippen LogP contribution in [0.4, 0.5) is 5.69 Å². The molecule has 0 heterocycles. The van der Waals surface area contributed by atoms with Crippen molar-refractivity contribution in [3.63, 3.8) is 0 Å². The fraction of sp³-hybridized carbons (Fsp3) is 0.235. The molecule has 4 heteroatoms. The lowest BCUT2D eigenvalue weighted by molar-refractivity contribution is -0.116. The Morgan fingerprint density at radius 3 is 2.62 bits per heavy atom. The first-order valence-corrected chi connectivity index (χ1v) is 7.32. The second-order valence-corrected chi connectivity index (χ2v) is 5.28. The molecule has 0 aliphatic carbocycles. The number of nitrogens with one attached hydrogen (secondary N) is 1. The van der Waals surface area contributed by atoms with E-state index in [2.05, 4.69) is 5.32 Å². The van der Waals surface area contributed by atoms with Crippen molar-refractivity contribution in [2.45, 2.75) is 25.9 Å². The number of benzene rings is 2. The number of rotatable bonds is 5. The molecule has 3 nitrogen and oxygen atoms in total. The van der Waals surface area contributed by atoms with Crippen molar-refractivity contribution in [1.29, 1.82) is 0 Å². The summed E-state index contributed by atoms with van der Waals surface area (Å²) in [6.45, 7) is 1.95. The molecule has 2 N–H and O–H groups in total. The van der Waals surface area contributed by atoms with Crippen LogP contribution in [0.15, 0.2) is 48.5 Å². The number of halogens is 1. The molecule has 110 valence electrons.